The average Bonchev–Trinajstić information content (AvgIpc) is 3.46. The van der Waals surface area contributed by atoms with Gasteiger partial charge in [0.05, 0.1) is 11.5 Å². The molecular weight excluding hydrogens is 396 g/mol. The van der Waals surface area contributed by atoms with E-state index >= 15 is 0 Å². The molecule has 0 aromatic heterocycles. The summed E-state index contributed by atoms with van der Waals surface area (Å²) in [6, 6.07) is 5.32. The van der Waals surface area contributed by atoms with E-state index in [9.17, 15) is 23.3 Å². The van der Waals surface area contributed by atoms with Crippen LogP contribution in [0.1, 0.15) is 12.8 Å². The first-order chi connectivity index (χ1) is 12.4. The highest BCUT2D eigenvalue weighted by Gasteiger charge is 2.34. The lowest BCUT2D eigenvalue weighted by molar-refractivity contribution is -0.387. The van der Waals surface area contributed by atoms with Crippen LogP contribution < -0.4 is 5.32 Å². The van der Waals surface area contributed by atoms with Crippen molar-refractivity contribution in [1.82, 2.24) is 14.5 Å². The summed E-state index contributed by atoms with van der Waals surface area (Å²) in [5, 5.41) is 14.2. The van der Waals surface area contributed by atoms with Crippen LogP contribution in [0.3, 0.4) is 0 Å². The van der Waals surface area contributed by atoms with Crippen molar-refractivity contribution >= 4 is 34.0 Å². The zero-order valence-electron chi connectivity index (χ0n) is 14.7. The van der Waals surface area contributed by atoms with Gasteiger partial charge < -0.3 is 10.2 Å². The van der Waals surface area contributed by atoms with Gasteiger partial charge in [0.2, 0.25) is 15.9 Å². The number of rotatable bonds is 7. The van der Waals surface area contributed by atoms with Gasteiger partial charge in [-0.3, -0.25) is 14.9 Å². The molecule has 1 saturated carbocycles. The average molecular weight is 419 g/mol. The molecule has 9 nitrogen and oxygen atoms in total. The summed E-state index contributed by atoms with van der Waals surface area (Å²) in [4.78, 5) is 23.9. The van der Waals surface area contributed by atoms with Crippen LogP contribution in [-0.4, -0.2) is 67.7 Å². The van der Waals surface area contributed by atoms with Crippen LogP contribution >= 0.6 is 12.4 Å². The highest BCUT2D eigenvalue weighted by molar-refractivity contribution is 7.89. The Labute approximate surface area is 164 Å². The lowest BCUT2D eigenvalue weighted by Gasteiger charge is -2.34. The SMILES string of the molecule is Cl.O=C(CNCC1CC1)N1CCN(S(=O)(=O)c2ccccc2[N+](=O)[O-])CC1. The van der Waals surface area contributed by atoms with Crippen LogP contribution in [0.2, 0.25) is 0 Å². The quantitative estimate of drug-likeness (QED) is 0.518. The van der Waals surface area contributed by atoms with E-state index in [1.54, 1.807) is 4.90 Å². The minimum Gasteiger partial charge on any atom is -0.339 e. The summed E-state index contributed by atoms with van der Waals surface area (Å²) in [6.45, 7) is 1.92. The lowest BCUT2D eigenvalue weighted by atomic mass is 10.3. The predicted molar refractivity (Wildman–Crippen MR) is 101 cm³/mol. The van der Waals surface area contributed by atoms with Crippen molar-refractivity contribution in [3.63, 3.8) is 0 Å². The van der Waals surface area contributed by atoms with E-state index in [-0.39, 0.29) is 55.9 Å². The van der Waals surface area contributed by atoms with Gasteiger partial charge in [-0.25, -0.2) is 8.42 Å². The Bertz CT molecular complexity index is 792. The van der Waals surface area contributed by atoms with Gasteiger partial charge >= 0.3 is 0 Å². The summed E-state index contributed by atoms with van der Waals surface area (Å²) in [5.74, 6) is 0.639. The van der Waals surface area contributed by atoms with Crippen molar-refractivity contribution in [2.75, 3.05) is 39.3 Å². The van der Waals surface area contributed by atoms with Gasteiger partial charge in [-0.1, -0.05) is 12.1 Å². The van der Waals surface area contributed by atoms with Crippen molar-refractivity contribution in [2.24, 2.45) is 5.92 Å². The van der Waals surface area contributed by atoms with Crippen molar-refractivity contribution < 1.29 is 18.1 Å². The molecule has 27 heavy (non-hydrogen) atoms. The Kier molecular flexibility index (Phi) is 7.15. The first-order valence-electron chi connectivity index (χ1n) is 8.61. The molecule has 1 saturated heterocycles. The van der Waals surface area contributed by atoms with Gasteiger partial charge in [0.25, 0.3) is 5.69 Å². The molecule has 3 rings (SSSR count). The van der Waals surface area contributed by atoms with E-state index < -0.39 is 20.6 Å². The maximum atomic E-state index is 12.7. The second-order valence-electron chi connectivity index (χ2n) is 6.58. The molecule has 0 radical (unpaired) electrons. The van der Waals surface area contributed by atoms with Gasteiger partial charge in [-0.05, 0) is 31.4 Å². The molecule has 1 N–H and O–H groups in total. The van der Waals surface area contributed by atoms with Gasteiger partial charge in [0.15, 0.2) is 4.90 Å². The molecule has 1 aliphatic carbocycles. The van der Waals surface area contributed by atoms with Gasteiger partial charge in [-0.2, -0.15) is 4.31 Å². The number of nitro groups is 1. The second-order valence-corrected chi connectivity index (χ2v) is 8.49. The first kappa shape index (κ1) is 21.5. The van der Waals surface area contributed by atoms with E-state index in [2.05, 4.69) is 5.32 Å². The third-order valence-corrected chi connectivity index (χ3v) is 6.62. The van der Waals surface area contributed by atoms with E-state index in [1.165, 1.54) is 41.4 Å². The topological polar surface area (TPSA) is 113 Å². The third-order valence-electron chi connectivity index (χ3n) is 4.68. The summed E-state index contributed by atoms with van der Waals surface area (Å²) in [6.07, 6.45) is 2.42. The number of halogens is 1. The molecule has 1 aromatic carbocycles. The fraction of sp³-hybridized carbons (Fsp3) is 0.562. The maximum Gasteiger partial charge on any atom is 0.289 e. The number of nitrogens with zero attached hydrogens (tertiary/aromatic N) is 3. The molecule has 0 unspecified atom stereocenters. The second kappa shape index (κ2) is 8.96. The number of hydrogen-bond donors (Lipinski definition) is 1. The number of carbonyl (C=O) groups is 1. The highest BCUT2D eigenvalue weighted by atomic mass is 35.5. The van der Waals surface area contributed by atoms with Gasteiger partial charge in [-0.15, -0.1) is 12.4 Å². The molecule has 0 spiro atoms. The van der Waals surface area contributed by atoms with E-state index in [4.69, 9.17) is 0 Å². The number of benzene rings is 1. The smallest absolute Gasteiger partial charge is 0.289 e. The summed E-state index contributed by atoms with van der Waals surface area (Å²) >= 11 is 0. The van der Waals surface area contributed by atoms with E-state index in [0.717, 1.165) is 6.54 Å². The summed E-state index contributed by atoms with van der Waals surface area (Å²) in [5.41, 5.74) is -0.435. The normalized spacial score (nSPS) is 18.0. The van der Waals surface area contributed by atoms with Crippen LogP contribution in [0, 0.1) is 16.0 Å². The number of nitrogens with one attached hydrogen (secondary N) is 1. The number of para-hydroxylation sites is 1. The lowest BCUT2D eigenvalue weighted by Crippen LogP contribution is -2.52. The molecule has 0 bridgehead atoms. The molecule has 1 aliphatic heterocycles. The Hall–Kier alpha value is -1.75. The molecule has 2 fully saturated rings. The molecule has 0 atom stereocenters. The Morgan fingerprint density at radius 2 is 1.81 bits per heavy atom. The molecule has 150 valence electrons. The first-order valence-corrected chi connectivity index (χ1v) is 10.1. The Morgan fingerprint density at radius 1 is 1.19 bits per heavy atom. The molecule has 2 aliphatic rings. The minimum absolute atomic E-state index is 0. The summed E-state index contributed by atoms with van der Waals surface area (Å²) in [7, 11) is -3.97. The van der Waals surface area contributed by atoms with Crippen molar-refractivity contribution in [3.8, 4) is 0 Å². The maximum absolute atomic E-state index is 12.7. The Balaban J connectivity index is 0.00000261. The van der Waals surface area contributed by atoms with Crippen LogP contribution in [0.5, 0.6) is 0 Å². The van der Waals surface area contributed by atoms with Crippen molar-refractivity contribution in [1.29, 1.82) is 0 Å². The third kappa shape index (κ3) is 5.16. The van der Waals surface area contributed by atoms with Crippen LogP contribution in [0.15, 0.2) is 29.2 Å². The Morgan fingerprint density at radius 3 is 2.41 bits per heavy atom. The van der Waals surface area contributed by atoms with Gasteiger partial charge in [0.1, 0.15) is 0 Å². The van der Waals surface area contributed by atoms with Crippen LogP contribution in [-0.2, 0) is 14.8 Å². The van der Waals surface area contributed by atoms with E-state index in [0.29, 0.717) is 5.92 Å². The van der Waals surface area contributed by atoms with E-state index in [1.807, 2.05) is 0 Å². The standard InChI is InChI=1S/C16H22N4O5S.ClH/c21-16(12-17-11-13-5-6-13)18-7-9-19(10-8-18)26(24,25)15-4-2-1-3-14(15)20(22)23;/h1-4,13,17H,5-12H2;1H. The highest BCUT2D eigenvalue weighted by Crippen LogP contribution is 2.28. The van der Waals surface area contributed by atoms with Crippen molar-refractivity contribution in [3.05, 3.63) is 34.4 Å². The van der Waals surface area contributed by atoms with Crippen molar-refractivity contribution in [2.45, 2.75) is 17.7 Å². The molecule has 1 amide bonds. The number of sulfonamides is 1. The number of amides is 1. The number of nitro benzene ring substituents is 1. The summed E-state index contributed by atoms with van der Waals surface area (Å²) < 4.78 is 26.7. The fourth-order valence-electron chi connectivity index (χ4n) is 2.96. The fourth-order valence-corrected chi connectivity index (χ4v) is 4.54. The largest absolute Gasteiger partial charge is 0.339 e. The minimum atomic E-state index is -3.97. The molecule has 1 aromatic rings. The number of piperazine rings is 1. The monoisotopic (exact) mass is 418 g/mol. The van der Waals surface area contributed by atoms with Gasteiger partial charge in [0, 0.05) is 32.2 Å². The zero-order chi connectivity index (χ0) is 18.7. The number of carbonyl (C=O) groups excluding carboxylic acids is 1. The van der Waals surface area contributed by atoms with Crippen LogP contribution in [0.4, 0.5) is 5.69 Å². The van der Waals surface area contributed by atoms with Crippen LogP contribution in [0.25, 0.3) is 0 Å². The molecule has 11 heteroatoms. The molecular formula is C16H23ClN4O5S. The molecule has 1 heterocycles. The number of hydrogen-bond acceptors (Lipinski definition) is 6. The predicted octanol–water partition coefficient (Wildman–Crippen LogP) is 0.849. The zero-order valence-corrected chi connectivity index (χ0v) is 16.4.